The molecule has 0 atom stereocenters. The van der Waals surface area contributed by atoms with Crippen LogP contribution in [0.25, 0.3) is 0 Å². The van der Waals surface area contributed by atoms with Crippen molar-refractivity contribution >= 4 is 24.9 Å². The Morgan fingerprint density at radius 3 is 2.63 bits per heavy atom. The Balaban J connectivity index is 2.88. The van der Waals surface area contributed by atoms with E-state index in [2.05, 4.69) is 0 Å². The van der Waals surface area contributed by atoms with E-state index in [1.807, 2.05) is 5.40 Å². The minimum atomic E-state index is -3.82. The quantitative estimate of drug-likeness (QED) is 0.537. The molecular weight excluding hydrogens is 289 g/mol. The summed E-state index contributed by atoms with van der Waals surface area (Å²) < 4.78 is 27.3. The monoisotopic (exact) mass is 303 g/mol. The first-order valence-corrected chi connectivity index (χ1v) is 8.12. The first kappa shape index (κ1) is 16.0. The second kappa shape index (κ2) is 7.51. The maximum absolute atomic E-state index is 12.2. The highest BCUT2D eigenvalue weighted by Crippen LogP contribution is 2.51. The number of nitrogens with zero attached hydrogens (tertiary/aromatic N) is 1. The summed E-state index contributed by atoms with van der Waals surface area (Å²) in [6.45, 7) is 3.47. The van der Waals surface area contributed by atoms with Crippen LogP contribution in [0, 0.1) is 10.7 Å². The van der Waals surface area contributed by atoms with Crippen LogP contribution in [0.15, 0.2) is 16.7 Å². The summed E-state index contributed by atoms with van der Waals surface area (Å²) in [5, 5.41) is 10.3. The summed E-state index contributed by atoms with van der Waals surface area (Å²) in [6.07, 6.45) is 1.19. The van der Waals surface area contributed by atoms with Crippen molar-refractivity contribution in [2.75, 3.05) is 13.2 Å². The standard InChI is InChI=1S/C11H14NO5PS/c1-3-16-18(14,17-4-2)11(13)9-5-10(15-6-9)7-19-8-12/h5-6H,3-4,7H2,1-2H3. The Bertz CT molecular complexity index is 511. The maximum Gasteiger partial charge on any atom is 0.401 e. The summed E-state index contributed by atoms with van der Waals surface area (Å²) in [5.41, 5.74) is -0.605. The Kier molecular flexibility index (Phi) is 6.32. The number of thiocyanates is 1. The third kappa shape index (κ3) is 4.22. The molecular formula is C11H14NO5PS. The first-order chi connectivity index (χ1) is 9.07. The molecule has 19 heavy (non-hydrogen) atoms. The largest absolute Gasteiger partial charge is 0.468 e. The molecule has 0 amide bonds. The third-order valence-corrected chi connectivity index (χ3v) is 4.54. The molecule has 8 heteroatoms. The van der Waals surface area contributed by atoms with Crippen LogP contribution in [-0.2, 0) is 19.4 Å². The van der Waals surface area contributed by atoms with Crippen molar-refractivity contribution in [3.05, 3.63) is 23.7 Å². The van der Waals surface area contributed by atoms with Crippen LogP contribution in [0.4, 0.5) is 0 Å². The lowest BCUT2D eigenvalue weighted by atomic mass is 10.3. The Hall–Kier alpha value is -1.06. The van der Waals surface area contributed by atoms with Gasteiger partial charge in [-0.25, -0.2) is 0 Å². The van der Waals surface area contributed by atoms with Gasteiger partial charge in [0.2, 0.25) is 0 Å². The van der Waals surface area contributed by atoms with Crippen molar-refractivity contribution < 1.29 is 22.8 Å². The molecule has 0 saturated heterocycles. The lowest BCUT2D eigenvalue weighted by Crippen LogP contribution is -2.06. The normalized spacial score (nSPS) is 11.2. The molecule has 0 fully saturated rings. The van der Waals surface area contributed by atoms with Gasteiger partial charge in [-0.05, 0) is 31.7 Å². The summed E-state index contributed by atoms with van der Waals surface area (Å²) in [4.78, 5) is 12.1. The highest BCUT2D eigenvalue weighted by atomic mass is 32.2. The minimum Gasteiger partial charge on any atom is -0.468 e. The number of thioether (sulfide) groups is 1. The van der Waals surface area contributed by atoms with Crippen LogP contribution < -0.4 is 0 Å². The van der Waals surface area contributed by atoms with Gasteiger partial charge >= 0.3 is 7.60 Å². The number of nitriles is 1. The van der Waals surface area contributed by atoms with Crippen molar-refractivity contribution in [2.45, 2.75) is 19.6 Å². The van der Waals surface area contributed by atoms with E-state index in [1.54, 1.807) is 13.8 Å². The lowest BCUT2D eigenvalue weighted by molar-refractivity contribution is 0.100. The van der Waals surface area contributed by atoms with Crippen LogP contribution in [0.3, 0.4) is 0 Å². The highest BCUT2D eigenvalue weighted by molar-refractivity contribution is 8.02. The molecule has 1 heterocycles. The van der Waals surface area contributed by atoms with Crippen molar-refractivity contribution in [1.29, 1.82) is 5.26 Å². The first-order valence-electron chi connectivity index (χ1n) is 5.59. The van der Waals surface area contributed by atoms with Gasteiger partial charge < -0.3 is 13.5 Å². The number of rotatable bonds is 8. The zero-order chi connectivity index (χ0) is 14.3. The van der Waals surface area contributed by atoms with E-state index < -0.39 is 13.1 Å². The Morgan fingerprint density at radius 2 is 2.11 bits per heavy atom. The van der Waals surface area contributed by atoms with Crippen molar-refractivity contribution in [2.24, 2.45) is 0 Å². The van der Waals surface area contributed by atoms with E-state index in [-0.39, 0.29) is 18.8 Å². The molecule has 104 valence electrons. The number of hydrogen-bond acceptors (Lipinski definition) is 7. The van der Waals surface area contributed by atoms with Crippen LogP contribution >= 0.6 is 19.4 Å². The van der Waals surface area contributed by atoms with Crippen LogP contribution in [0.5, 0.6) is 0 Å². The molecule has 0 aliphatic carbocycles. The van der Waals surface area contributed by atoms with Gasteiger partial charge in [-0.15, -0.1) is 0 Å². The molecule has 1 aromatic heterocycles. The van der Waals surface area contributed by atoms with Gasteiger partial charge in [-0.3, -0.25) is 9.36 Å². The van der Waals surface area contributed by atoms with E-state index in [9.17, 15) is 9.36 Å². The number of carbonyl (C=O) groups excluding carboxylic acids is 1. The molecule has 1 aromatic rings. The summed E-state index contributed by atoms with van der Waals surface area (Å²) >= 11 is 0.983. The molecule has 0 bridgehead atoms. The van der Waals surface area contributed by atoms with Gasteiger partial charge in [0.25, 0.3) is 5.52 Å². The average molecular weight is 303 g/mol. The zero-order valence-electron chi connectivity index (χ0n) is 10.6. The Morgan fingerprint density at radius 1 is 1.47 bits per heavy atom. The average Bonchev–Trinajstić information content (AvgIpc) is 2.84. The fraction of sp³-hybridized carbons (Fsp3) is 0.455. The van der Waals surface area contributed by atoms with Gasteiger partial charge in [-0.2, -0.15) is 5.26 Å². The number of furan rings is 1. The number of hydrogen-bond donors (Lipinski definition) is 0. The molecule has 0 spiro atoms. The van der Waals surface area contributed by atoms with Crippen LogP contribution in [0.2, 0.25) is 0 Å². The van der Waals surface area contributed by atoms with Gasteiger partial charge in [-0.1, -0.05) is 0 Å². The van der Waals surface area contributed by atoms with Gasteiger partial charge in [0.1, 0.15) is 17.4 Å². The smallest absolute Gasteiger partial charge is 0.401 e. The molecule has 0 aliphatic rings. The van der Waals surface area contributed by atoms with Gasteiger partial charge in [0, 0.05) is 0 Å². The molecule has 1 rings (SSSR count). The van der Waals surface area contributed by atoms with Crippen molar-refractivity contribution in [3.63, 3.8) is 0 Å². The highest BCUT2D eigenvalue weighted by Gasteiger charge is 2.36. The van der Waals surface area contributed by atoms with Gasteiger partial charge in [0.05, 0.1) is 24.5 Å². The minimum absolute atomic E-state index is 0.109. The van der Waals surface area contributed by atoms with Crippen molar-refractivity contribution in [3.8, 4) is 5.40 Å². The van der Waals surface area contributed by atoms with Crippen LogP contribution in [-0.4, -0.2) is 18.7 Å². The fourth-order valence-corrected chi connectivity index (χ4v) is 3.10. The predicted octanol–water partition coefficient (Wildman–Crippen LogP) is 3.40. The predicted molar refractivity (Wildman–Crippen MR) is 70.8 cm³/mol. The van der Waals surface area contributed by atoms with Gasteiger partial charge in [0.15, 0.2) is 0 Å². The molecule has 0 unspecified atom stereocenters. The zero-order valence-corrected chi connectivity index (χ0v) is 12.3. The summed E-state index contributed by atoms with van der Waals surface area (Å²) in [5.74, 6) is 0.770. The van der Waals surface area contributed by atoms with Crippen molar-refractivity contribution in [1.82, 2.24) is 0 Å². The molecule has 0 radical (unpaired) electrons. The summed E-state index contributed by atoms with van der Waals surface area (Å²) in [7, 11) is -3.82. The van der Waals surface area contributed by atoms with E-state index in [4.69, 9.17) is 18.7 Å². The SMILES string of the molecule is CCOP(=O)(OCC)C(=O)c1coc(CSC#N)c1. The molecule has 0 aliphatic heterocycles. The summed E-state index contributed by atoms with van der Waals surface area (Å²) in [6, 6.07) is 1.44. The van der Waals surface area contributed by atoms with E-state index in [0.29, 0.717) is 11.5 Å². The molecule has 0 N–H and O–H groups in total. The van der Waals surface area contributed by atoms with E-state index >= 15 is 0 Å². The lowest BCUT2D eigenvalue weighted by Gasteiger charge is -2.14. The van der Waals surface area contributed by atoms with Crippen LogP contribution in [0.1, 0.15) is 30.0 Å². The molecule has 6 nitrogen and oxygen atoms in total. The topological polar surface area (TPSA) is 89.5 Å². The maximum atomic E-state index is 12.2. The second-order valence-corrected chi connectivity index (χ2v) is 6.00. The Labute approximate surface area is 115 Å². The third-order valence-electron chi connectivity index (χ3n) is 2.03. The molecule has 0 aromatic carbocycles. The fourth-order valence-electron chi connectivity index (χ4n) is 1.32. The second-order valence-electron chi connectivity index (χ2n) is 3.32. The van der Waals surface area contributed by atoms with E-state index in [1.165, 1.54) is 12.3 Å². The molecule has 0 saturated carbocycles. The van der Waals surface area contributed by atoms with E-state index in [0.717, 1.165) is 11.8 Å². The number of carbonyl (C=O) groups is 1.